The van der Waals surface area contributed by atoms with Gasteiger partial charge in [0, 0.05) is 41.7 Å². The predicted octanol–water partition coefficient (Wildman–Crippen LogP) is 29.3. The minimum Gasteiger partial charge on any atom is -0.396 e. The number of rotatable bonds is 80. The fourth-order valence-electron chi connectivity index (χ4n) is 13.0. The molecule has 90 heavy (non-hydrogen) atoms. The Morgan fingerprint density at radius 1 is 0.200 bits per heavy atom. The summed E-state index contributed by atoms with van der Waals surface area (Å²) in [6.07, 6.45) is 92.1. The number of hydrogen-bond donors (Lipinski definition) is 1. The molecule has 1 N–H and O–H groups in total. The van der Waals surface area contributed by atoms with Crippen molar-refractivity contribution in [2.45, 2.75) is 465 Å². The molecular formula is C84H171IO5. The van der Waals surface area contributed by atoms with Crippen LogP contribution in [-0.4, -0.2) is 69.0 Å². The second-order valence-corrected chi connectivity index (χ2v) is 30.2. The summed E-state index contributed by atoms with van der Waals surface area (Å²) in [5, 5.41) is 10.1. The molecule has 0 rings (SSSR count). The lowest BCUT2D eigenvalue weighted by Gasteiger charge is -2.30. The number of ether oxygens (including phenoxy) is 4. The van der Waals surface area contributed by atoms with E-state index in [1.54, 1.807) is 0 Å². The number of halogens is 1. The lowest BCUT2D eigenvalue weighted by Crippen LogP contribution is -2.36. The van der Waals surface area contributed by atoms with Gasteiger partial charge in [-0.15, -0.1) is 0 Å². The largest absolute Gasteiger partial charge is 0.396 e. The molecule has 0 aromatic heterocycles. The van der Waals surface area contributed by atoms with Crippen molar-refractivity contribution in [2.24, 2.45) is 10.8 Å². The molecule has 0 aromatic carbocycles. The third-order valence-corrected chi connectivity index (χ3v) is 21.9. The van der Waals surface area contributed by atoms with Crippen molar-refractivity contribution < 1.29 is 24.1 Å². The number of alkyl halides is 1. The topological polar surface area (TPSA) is 57.2 Å². The Kier molecular flexibility index (Phi) is 84.3. The van der Waals surface area contributed by atoms with Crippen molar-refractivity contribution in [3.05, 3.63) is 0 Å². The van der Waals surface area contributed by atoms with Crippen LogP contribution in [0.5, 0.6) is 0 Å². The highest BCUT2D eigenvalue weighted by Crippen LogP contribution is 2.28. The van der Waals surface area contributed by atoms with E-state index in [1.807, 2.05) is 0 Å². The molecule has 0 aliphatic rings. The van der Waals surface area contributed by atoms with Crippen LogP contribution in [0, 0.1) is 10.8 Å². The molecule has 0 fully saturated rings. The Morgan fingerprint density at radius 3 is 0.456 bits per heavy atom. The standard InChI is InChI=1S/C42H85IO2.C42H86O3/c2*1-4-7-9-11-13-15-17-19-21-23-25-27-29-31-33-35-37-44-40-42(6-3,39-43)41-45-38-36-34-32-30-28-26-24-22-20-18-16-14-12-10-8-5-2/h4-41H2,1-3H3;43H,4-41H2,1-3H3. The minimum atomic E-state index is -0.232. The fourth-order valence-corrected chi connectivity index (χ4v) is 14.0. The predicted molar refractivity (Wildman–Crippen MR) is 413 cm³/mol. The summed E-state index contributed by atoms with van der Waals surface area (Å²) in [6.45, 7) is 20.3. The first-order valence-electron chi connectivity index (χ1n) is 42.0. The maximum Gasteiger partial charge on any atom is 0.0566 e. The molecule has 0 aliphatic heterocycles. The highest BCUT2D eigenvalue weighted by Gasteiger charge is 2.29. The van der Waals surface area contributed by atoms with Crippen LogP contribution in [0.1, 0.15) is 465 Å². The molecular weight excluding hydrogens is 1220 g/mol. The molecule has 0 amide bonds. The van der Waals surface area contributed by atoms with E-state index in [1.165, 1.54) is 398 Å². The molecule has 0 atom stereocenters. The van der Waals surface area contributed by atoms with E-state index in [0.717, 1.165) is 69.8 Å². The van der Waals surface area contributed by atoms with Crippen LogP contribution in [0.25, 0.3) is 0 Å². The SMILES string of the molecule is CCCCCCCCCCCCCCCCCCOCC(CC)(CI)COCCCCCCCCCCCCCCCCCC.CCCCCCCCCCCCCCCCCCOCC(CC)(CO)COCCCCCCCCCCCCCCCCCC. The van der Waals surface area contributed by atoms with Crippen molar-refractivity contribution in [3.8, 4) is 0 Å². The van der Waals surface area contributed by atoms with Gasteiger partial charge in [-0.1, -0.05) is 449 Å². The second kappa shape index (κ2) is 82.0. The molecule has 5 nitrogen and oxygen atoms in total. The van der Waals surface area contributed by atoms with Crippen LogP contribution in [-0.2, 0) is 18.9 Å². The second-order valence-electron chi connectivity index (χ2n) is 29.4. The zero-order valence-electron chi connectivity index (χ0n) is 63.2. The highest BCUT2D eigenvalue weighted by atomic mass is 127. The third kappa shape index (κ3) is 72.8. The monoisotopic (exact) mass is 1390 g/mol. The number of aliphatic hydroxyl groups is 1. The summed E-state index contributed by atoms with van der Waals surface area (Å²) in [7, 11) is 0. The van der Waals surface area contributed by atoms with Gasteiger partial charge in [0.25, 0.3) is 0 Å². The van der Waals surface area contributed by atoms with Crippen molar-refractivity contribution in [1.29, 1.82) is 0 Å². The van der Waals surface area contributed by atoms with Crippen molar-refractivity contribution >= 4 is 22.6 Å². The van der Waals surface area contributed by atoms with Crippen LogP contribution in [0.2, 0.25) is 0 Å². The quantitative estimate of drug-likeness (QED) is 0.0374. The zero-order valence-corrected chi connectivity index (χ0v) is 65.4. The number of unbranched alkanes of at least 4 members (excludes halogenated alkanes) is 60. The molecule has 0 heterocycles. The molecule has 0 aliphatic carbocycles. The summed E-state index contributed by atoms with van der Waals surface area (Å²) < 4.78 is 25.6. The lowest BCUT2D eigenvalue weighted by atomic mass is 9.88. The van der Waals surface area contributed by atoms with Gasteiger partial charge in [0.15, 0.2) is 0 Å². The Hall–Kier alpha value is 0.530. The Bertz CT molecular complexity index is 1050. The maximum absolute atomic E-state index is 10.1. The molecule has 0 bridgehead atoms. The lowest BCUT2D eigenvalue weighted by molar-refractivity contribution is -0.0541. The van der Waals surface area contributed by atoms with Gasteiger partial charge in [-0.25, -0.2) is 0 Å². The molecule has 6 heteroatoms. The first kappa shape index (κ1) is 92.6. The van der Waals surface area contributed by atoms with E-state index in [4.69, 9.17) is 18.9 Å². The van der Waals surface area contributed by atoms with Crippen LogP contribution >= 0.6 is 22.6 Å². The van der Waals surface area contributed by atoms with Crippen LogP contribution in [0.3, 0.4) is 0 Å². The smallest absolute Gasteiger partial charge is 0.0566 e. The molecule has 0 radical (unpaired) electrons. The molecule has 0 saturated heterocycles. The maximum atomic E-state index is 10.1. The van der Waals surface area contributed by atoms with E-state index < -0.39 is 0 Å². The number of hydrogen-bond acceptors (Lipinski definition) is 5. The van der Waals surface area contributed by atoms with Crippen molar-refractivity contribution in [3.63, 3.8) is 0 Å². The van der Waals surface area contributed by atoms with Crippen molar-refractivity contribution in [2.75, 3.05) is 63.9 Å². The summed E-state index contributed by atoms with van der Waals surface area (Å²) in [5.74, 6) is 0. The van der Waals surface area contributed by atoms with E-state index in [-0.39, 0.29) is 17.4 Å². The average molecular weight is 1390 g/mol. The van der Waals surface area contributed by atoms with Gasteiger partial charge >= 0.3 is 0 Å². The fraction of sp³-hybridized carbons (Fsp3) is 1.00. The molecule has 0 saturated carbocycles. The molecule has 0 unspecified atom stereocenters. The van der Waals surface area contributed by atoms with Crippen molar-refractivity contribution in [1.82, 2.24) is 0 Å². The molecule has 0 aromatic rings. The summed E-state index contributed by atoms with van der Waals surface area (Å²) in [6, 6.07) is 0. The first-order chi connectivity index (χ1) is 44.5. The van der Waals surface area contributed by atoms with Crippen LogP contribution < -0.4 is 0 Å². The summed E-state index contributed by atoms with van der Waals surface area (Å²) in [5.41, 5.74) is -0.0330. The van der Waals surface area contributed by atoms with Gasteiger partial charge < -0.3 is 24.1 Å². The molecule has 0 spiro atoms. The van der Waals surface area contributed by atoms with E-state index in [2.05, 4.69) is 64.1 Å². The minimum absolute atomic E-state index is 0.154. The first-order valence-corrected chi connectivity index (χ1v) is 43.5. The summed E-state index contributed by atoms with van der Waals surface area (Å²) in [4.78, 5) is 0. The van der Waals surface area contributed by atoms with E-state index >= 15 is 0 Å². The zero-order chi connectivity index (χ0) is 65.6. The van der Waals surface area contributed by atoms with Gasteiger partial charge in [0.2, 0.25) is 0 Å². The highest BCUT2D eigenvalue weighted by molar-refractivity contribution is 14.1. The molecule has 544 valence electrons. The van der Waals surface area contributed by atoms with E-state index in [0.29, 0.717) is 13.2 Å². The van der Waals surface area contributed by atoms with Crippen LogP contribution in [0.15, 0.2) is 0 Å². The Morgan fingerprint density at radius 2 is 0.333 bits per heavy atom. The summed E-state index contributed by atoms with van der Waals surface area (Å²) >= 11 is 2.55. The Labute approximate surface area is 583 Å². The Balaban J connectivity index is 0. The number of aliphatic hydroxyl groups excluding tert-OH is 1. The average Bonchev–Trinajstić information content (AvgIpc) is 3.69. The van der Waals surface area contributed by atoms with Crippen LogP contribution in [0.4, 0.5) is 0 Å². The van der Waals surface area contributed by atoms with Gasteiger partial charge in [0.1, 0.15) is 0 Å². The van der Waals surface area contributed by atoms with Gasteiger partial charge in [0.05, 0.1) is 33.0 Å². The normalized spacial score (nSPS) is 12.0. The van der Waals surface area contributed by atoms with Gasteiger partial charge in [-0.3, -0.25) is 0 Å². The van der Waals surface area contributed by atoms with Gasteiger partial charge in [-0.2, -0.15) is 0 Å². The van der Waals surface area contributed by atoms with E-state index in [9.17, 15) is 5.11 Å². The third-order valence-electron chi connectivity index (χ3n) is 20.3. The van der Waals surface area contributed by atoms with Gasteiger partial charge in [-0.05, 0) is 38.5 Å².